The second-order valence-electron chi connectivity index (χ2n) is 11.6. The van der Waals surface area contributed by atoms with Gasteiger partial charge in [0.1, 0.15) is 11.7 Å². The molecule has 1 aliphatic heterocycles. The zero-order valence-corrected chi connectivity index (χ0v) is 25.4. The Balaban J connectivity index is 1.51. The van der Waals surface area contributed by atoms with Crippen LogP contribution in [0, 0.1) is 19.7 Å². The fourth-order valence-corrected chi connectivity index (χ4v) is 6.18. The average molecular weight is 577 g/mol. The molecule has 0 radical (unpaired) electrons. The summed E-state index contributed by atoms with van der Waals surface area (Å²) in [4.78, 5) is 30.0. The van der Waals surface area contributed by atoms with Gasteiger partial charge in [-0.05, 0) is 57.7 Å². The minimum absolute atomic E-state index is 0.0350. The van der Waals surface area contributed by atoms with Crippen LogP contribution in [0.4, 0.5) is 10.1 Å². The molecule has 2 atom stereocenters. The summed E-state index contributed by atoms with van der Waals surface area (Å²) in [5.74, 6) is -0.443. The first-order valence-electron chi connectivity index (χ1n) is 14.6. The largest absolute Gasteiger partial charge is 0.492 e. The Morgan fingerprint density at radius 1 is 1.19 bits per heavy atom. The Labute approximate surface area is 246 Å². The van der Waals surface area contributed by atoms with Crippen LogP contribution in [0.5, 0.6) is 5.75 Å². The molecule has 0 amide bonds. The van der Waals surface area contributed by atoms with Crippen molar-refractivity contribution < 1.29 is 18.7 Å². The van der Waals surface area contributed by atoms with E-state index in [4.69, 9.17) is 9.47 Å². The van der Waals surface area contributed by atoms with Crippen LogP contribution >= 0.6 is 0 Å². The molecule has 2 heterocycles. The molecule has 224 valence electrons. The standard InChI is InChI=1S/C33H41FN4O4/c1-19-8-9-24(20(2)14-19)16-35-22(4)27-18-38(25-10-11-25)29-26(31(27)39)15-28(34)30(32(29)41-6)36-12-13-37(21(3)17-36)23(5)33(40)42-7/h8-9,14-15,18,21,23,25,35H,4,10-13,16-17H2,1-3,5-7H3. The van der Waals surface area contributed by atoms with Gasteiger partial charge in [-0.25, -0.2) is 4.39 Å². The van der Waals surface area contributed by atoms with E-state index in [2.05, 4.69) is 53.4 Å². The molecule has 1 N–H and O–H groups in total. The molecule has 2 unspecified atom stereocenters. The molecule has 1 saturated carbocycles. The number of hydrogen-bond acceptors (Lipinski definition) is 7. The van der Waals surface area contributed by atoms with Crippen LogP contribution in [0.1, 0.15) is 55.0 Å². The molecule has 2 aromatic carbocycles. The number of aromatic nitrogens is 1. The molecule has 9 heteroatoms. The van der Waals surface area contributed by atoms with Crippen molar-refractivity contribution in [1.82, 2.24) is 14.8 Å². The van der Waals surface area contributed by atoms with Crippen LogP contribution in [0.15, 0.2) is 41.8 Å². The van der Waals surface area contributed by atoms with Gasteiger partial charge in [0.25, 0.3) is 0 Å². The second kappa shape index (κ2) is 11.8. The Hall–Kier alpha value is -3.85. The predicted molar refractivity (Wildman–Crippen MR) is 165 cm³/mol. The number of piperazine rings is 1. The van der Waals surface area contributed by atoms with E-state index < -0.39 is 11.9 Å². The number of ether oxygens (including phenoxy) is 2. The van der Waals surface area contributed by atoms with Crippen LogP contribution in [-0.2, 0) is 16.1 Å². The number of rotatable bonds is 9. The Kier molecular flexibility index (Phi) is 8.32. The monoisotopic (exact) mass is 576 g/mol. The summed E-state index contributed by atoms with van der Waals surface area (Å²) in [5.41, 5.74) is 5.07. The summed E-state index contributed by atoms with van der Waals surface area (Å²) >= 11 is 0. The third-order valence-corrected chi connectivity index (χ3v) is 8.69. The number of fused-ring (bicyclic) bond motifs is 1. The number of methoxy groups -OCH3 is 2. The molecular weight excluding hydrogens is 535 g/mol. The van der Waals surface area contributed by atoms with Gasteiger partial charge in [-0.15, -0.1) is 0 Å². The van der Waals surface area contributed by atoms with Gasteiger partial charge in [0.15, 0.2) is 17.0 Å². The maximum Gasteiger partial charge on any atom is 0.322 e. The van der Waals surface area contributed by atoms with Crippen LogP contribution in [0.25, 0.3) is 16.6 Å². The van der Waals surface area contributed by atoms with Crippen molar-refractivity contribution in [3.05, 3.63) is 75.3 Å². The van der Waals surface area contributed by atoms with Gasteiger partial charge in [-0.1, -0.05) is 30.3 Å². The first-order valence-corrected chi connectivity index (χ1v) is 14.6. The second-order valence-corrected chi connectivity index (χ2v) is 11.6. The predicted octanol–water partition coefficient (Wildman–Crippen LogP) is 4.93. The van der Waals surface area contributed by atoms with Crippen molar-refractivity contribution in [2.45, 2.75) is 65.2 Å². The summed E-state index contributed by atoms with van der Waals surface area (Å²) in [6, 6.07) is 7.38. The Bertz CT molecular complexity index is 1600. The van der Waals surface area contributed by atoms with Gasteiger partial charge in [-0.2, -0.15) is 0 Å². The molecule has 1 aromatic heterocycles. The number of carbonyl (C=O) groups excluding carboxylic acids is 1. The highest BCUT2D eigenvalue weighted by molar-refractivity contribution is 5.93. The number of hydrogen-bond donors (Lipinski definition) is 1. The van der Waals surface area contributed by atoms with E-state index >= 15 is 4.39 Å². The summed E-state index contributed by atoms with van der Waals surface area (Å²) < 4.78 is 28.9. The van der Waals surface area contributed by atoms with Crippen molar-refractivity contribution in [2.75, 3.05) is 38.8 Å². The van der Waals surface area contributed by atoms with Crippen LogP contribution in [-0.4, -0.2) is 61.4 Å². The molecular formula is C33H41FN4O4. The third-order valence-electron chi connectivity index (χ3n) is 8.69. The lowest BCUT2D eigenvalue weighted by Crippen LogP contribution is -2.57. The number of pyridine rings is 1. The zero-order valence-electron chi connectivity index (χ0n) is 25.4. The number of benzene rings is 2. The Morgan fingerprint density at radius 3 is 2.55 bits per heavy atom. The van der Waals surface area contributed by atoms with E-state index in [1.165, 1.54) is 31.4 Å². The molecule has 2 aliphatic rings. The highest BCUT2D eigenvalue weighted by atomic mass is 19.1. The lowest BCUT2D eigenvalue weighted by atomic mass is 10.0. The van der Waals surface area contributed by atoms with E-state index in [-0.39, 0.29) is 28.9 Å². The van der Waals surface area contributed by atoms with Gasteiger partial charge < -0.3 is 24.3 Å². The summed E-state index contributed by atoms with van der Waals surface area (Å²) in [6.45, 7) is 14.2. The fourth-order valence-electron chi connectivity index (χ4n) is 6.18. The summed E-state index contributed by atoms with van der Waals surface area (Å²) in [6.07, 6.45) is 3.79. The topological polar surface area (TPSA) is 76.0 Å². The Morgan fingerprint density at radius 2 is 1.93 bits per heavy atom. The van der Waals surface area contributed by atoms with E-state index in [1.807, 2.05) is 24.9 Å². The van der Waals surface area contributed by atoms with Gasteiger partial charge in [0.05, 0.1) is 30.7 Å². The molecule has 0 spiro atoms. The lowest BCUT2D eigenvalue weighted by Gasteiger charge is -2.43. The van der Waals surface area contributed by atoms with Crippen LogP contribution in [0.3, 0.4) is 0 Å². The molecule has 8 nitrogen and oxygen atoms in total. The number of esters is 1. The minimum atomic E-state index is -0.508. The van der Waals surface area contributed by atoms with E-state index in [0.717, 1.165) is 18.4 Å². The van der Waals surface area contributed by atoms with Crippen molar-refractivity contribution in [2.24, 2.45) is 0 Å². The average Bonchev–Trinajstić information content (AvgIpc) is 3.81. The fraction of sp³-hybridized carbons (Fsp3) is 0.455. The van der Waals surface area contributed by atoms with Crippen LogP contribution < -0.4 is 20.4 Å². The van der Waals surface area contributed by atoms with Gasteiger partial charge in [0, 0.05) is 50.2 Å². The van der Waals surface area contributed by atoms with Crippen molar-refractivity contribution >= 4 is 28.3 Å². The number of nitrogens with one attached hydrogen (secondary N) is 1. The normalized spacial score (nSPS) is 18.2. The lowest BCUT2D eigenvalue weighted by molar-refractivity contribution is -0.147. The van der Waals surface area contributed by atoms with Crippen molar-refractivity contribution in [1.29, 1.82) is 0 Å². The highest BCUT2D eigenvalue weighted by Crippen LogP contribution is 2.44. The maximum atomic E-state index is 16.0. The summed E-state index contributed by atoms with van der Waals surface area (Å²) in [5, 5.41) is 3.60. The first-order chi connectivity index (χ1) is 20.0. The molecule has 2 fully saturated rings. The SMILES string of the molecule is C=C(NCc1ccc(C)cc1C)c1cn(C2CC2)c2c(OC)c(N3CCN(C(C)C(=O)OC)C(C)C3)c(F)cc2c1=O. The summed E-state index contributed by atoms with van der Waals surface area (Å²) in [7, 11) is 2.91. The molecule has 1 saturated heterocycles. The molecule has 42 heavy (non-hydrogen) atoms. The van der Waals surface area contributed by atoms with Gasteiger partial charge >= 0.3 is 5.97 Å². The number of carbonyl (C=O) groups is 1. The minimum Gasteiger partial charge on any atom is -0.492 e. The maximum absolute atomic E-state index is 16.0. The number of nitrogens with zero attached hydrogens (tertiary/aromatic N) is 3. The molecule has 3 aromatic rings. The third kappa shape index (κ3) is 5.50. The molecule has 1 aliphatic carbocycles. The smallest absolute Gasteiger partial charge is 0.322 e. The van der Waals surface area contributed by atoms with Crippen LogP contribution in [0.2, 0.25) is 0 Å². The van der Waals surface area contributed by atoms with Crippen molar-refractivity contribution in [3.63, 3.8) is 0 Å². The van der Waals surface area contributed by atoms with E-state index in [1.54, 1.807) is 0 Å². The number of halogens is 1. The van der Waals surface area contributed by atoms with Gasteiger partial charge in [-0.3, -0.25) is 14.5 Å². The molecule has 0 bridgehead atoms. The number of aryl methyl sites for hydroxylation is 2. The van der Waals surface area contributed by atoms with E-state index in [9.17, 15) is 9.59 Å². The van der Waals surface area contributed by atoms with Gasteiger partial charge in [0.2, 0.25) is 0 Å². The highest BCUT2D eigenvalue weighted by Gasteiger charge is 2.35. The first kappa shape index (κ1) is 29.6. The zero-order chi connectivity index (χ0) is 30.3. The quantitative estimate of drug-likeness (QED) is 0.362. The van der Waals surface area contributed by atoms with Crippen molar-refractivity contribution in [3.8, 4) is 5.75 Å². The molecule has 5 rings (SSSR count). The number of anilines is 1. The van der Waals surface area contributed by atoms with E-state index in [0.29, 0.717) is 54.4 Å².